The summed E-state index contributed by atoms with van der Waals surface area (Å²) in [6.07, 6.45) is -2.64. The Morgan fingerprint density at radius 1 is 1.19 bits per heavy atom. The number of hydrogen-bond donors (Lipinski definition) is 2. The molecule has 1 saturated carbocycles. The first-order chi connectivity index (χ1) is 14.9. The molecule has 4 aliphatic rings. The highest BCUT2D eigenvalue weighted by Crippen LogP contribution is 2.52. The van der Waals surface area contributed by atoms with Gasteiger partial charge in [-0.25, -0.2) is 13.8 Å². The topological polar surface area (TPSA) is 103 Å². The molecule has 1 unspecified atom stereocenters. The zero-order chi connectivity index (χ0) is 22.9. The monoisotopic (exact) mass is 472 g/mol. The number of ether oxygens (including phenoxy) is 1. The molecule has 3 saturated heterocycles. The van der Waals surface area contributed by atoms with Gasteiger partial charge in [-0.05, 0) is 37.5 Å². The number of halogens is 3. The Bertz CT molecular complexity index is 1070. The van der Waals surface area contributed by atoms with E-state index in [-0.39, 0.29) is 27.8 Å². The van der Waals surface area contributed by atoms with Crippen LogP contribution in [0.2, 0.25) is 0 Å². The Hall–Kier alpha value is -2.50. The van der Waals surface area contributed by atoms with E-state index >= 15 is 0 Å². The Labute approximate surface area is 183 Å². The Kier molecular flexibility index (Phi) is 4.50. The smallest absolute Gasteiger partial charge is 0.406 e. The summed E-state index contributed by atoms with van der Waals surface area (Å²) in [5.41, 5.74) is -0.438. The Morgan fingerprint density at radius 3 is 2.44 bits per heavy atom. The van der Waals surface area contributed by atoms with Crippen LogP contribution in [-0.4, -0.2) is 69.3 Å². The molecular weight excluding hydrogens is 449 g/mol. The summed E-state index contributed by atoms with van der Waals surface area (Å²) in [5.74, 6) is -0.467. The van der Waals surface area contributed by atoms with E-state index in [1.807, 2.05) is 0 Å². The van der Waals surface area contributed by atoms with Crippen molar-refractivity contribution in [3.05, 3.63) is 24.3 Å². The van der Waals surface area contributed by atoms with Crippen LogP contribution in [0.3, 0.4) is 0 Å². The molecule has 4 fully saturated rings. The number of amides is 3. The fourth-order valence-corrected chi connectivity index (χ4v) is 7.51. The molecule has 0 bridgehead atoms. The van der Waals surface area contributed by atoms with Gasteiger partial charge in [0.1, 0.15) is 5.75 Å². The first kappa shape index (κ1) is 21.4. The molecule has 2 N–H and O–H groups in total. The van der Waals surface area contributed by atoms with E-state index in [0.717, 1.165) is 18.6 Å². The van der Waals surface area contributed by atoms with E-state index in [9.17, 15) is 27.0 Å². The molecule has 3 aliphatic heterocycles. The molecule has 2 spiro atoms. The second-order valence-electron chi connectivity index (χ2n) is 9.48. The van der Waals surface area contributed by atoms with Crippen molar-refractivity contribution in [1.82, 2.24) is 15.1 Å². The number of likely N-dealkylation sites (tertiary alicyclic amines) is 2. The minimum Gasteiger partial charge on any atom is -0.406 e. The van der Waals surface area contributed by atoms with E-state index in [1.54, 1.807) is 9.80 Å². The highest BCUT2D eigenvalue weighted by atomic mass is 32.2. The van der Waals surface area contributed by atoms with Crippen LogP contribution in [0.15, 0.2) is 29.2 Å². The number of carbonyl (C=O) groups is 2. The zero-order valence-corrected chi connectivity index (χ0v) is 17.9. The molecule has 32 heavy (non-hydrogen) atoms. The quantitative estimate of drug-likeness (QED) is 0.706. The lowest BCUT2D eigenvalue weighted by molar-refractivity contribution is -0.274. The number of alkyl halides is 3. The third-order valence-electron chi connectivity index (χ3n) is 7.00. The highest BCUT2D eigenvalue weighted by molar-refractivity contribution is 7.93. The molecule has 0 radical (unpaired) electrons. The van der Waals surface area contributed by atoms with Gasteiger partial charge >= 0.3 is 12.4 Å². The lowest BCUT2D eigenvalue weighted by Gasteiger charge is -2.60. The summed E-state index contributed by atoms with van der Waals surface area (Å²) in [7, 11) is -3.30. The number of hydrogen-bond acceptors (Lipinski definition) is 5. The predicted octanol–water partition coefficient (Wildman–Crippen LogP) is 2.54. The fourth-order valence-electron chi connectivity index (χ4n) is 5.38. The molecule has 1 atom stereocenters. The minimum absolute atomic E-state index is 0.0232. The number of nitrogens with one attached hydrogen (secondary N) is 2. The van der Waals surface area contributed by atoms with Crippen molar-refractivity contribution in [2.75, 3.05) is 26.2 Å². The van der Waals surface area contributed by atoms with Crippen LogP contribution in [0.5, 0.6) is 5.75 Å². The lowest BCUT2D eigenvalue weighted by Crippen LogP contribution is -2.74. The van der Waals surface area contributed by atoms with Crippen molar-refractivity contribution in [1.29, 1.82) is 4.78 Å². The lowest BCUT2D eigenvalue weighted by atomic mass is 9.63. The maximum absolute atomic E-state index is 13.1. The summed E-state index contributed by atoms with van der Waals surface area (Å²) in [5, 5.41) is 2.47. The van der Waals surface area contributed by atoms with Crippen LogP contribution in [0.25, 0.3) is 0 Å². The van der Waals surface area contributed by atoms with Gasteiger partial charge in [-0.15, -0.1) is 13.2 Å². The number of carbonyl (C=O) groups excluding carboxylic acids is 2. The maximum Gasteiger partial charge on any atom is 0.573 e. The van der Waals surface area contributed by atoms with Crippen LogP contribution in [0.1, 0.15) is 25.7 Å². The van der Waals surface area contributed by atoms with Gasteiger partial charge in [-0.2, -0.15) is 0 Å². The first-order valence-electron chi connectivity index (χ1n) is 10.4. The third-order valence-corrected chi connectivity index (χ3v) is 9.22. The number of nitrogens with zero attached hydrogens (tertiary/aromatic N) is 2. The summed E-state index contributed by atoms with van der Waals surface area (Å²) in [6, 6.07) is 4.75. The minimum atomic E-state index is -4.86. The molecule has 3 heterocycles. The van der Waals surface area contributed by atoms with Gasteiger partial charge in [0, 0.05) is 43.3 Å². The van der Waals surface area contributed by atoms with Crippen LogP contribution in [0.4, 0.5) is 18.0 Å². The van der Waals surface area contributed by atoms with Crippen LogP contribution >= 0.6 is 0 Å². The van der Waals surface area contributed by atoms with Gasteiger partial charge in [0.25, 0.3) is 0 Å². The van der Waals surface area contributed by atoms with Gasteiger partial charge in [0.15, 0.2) is 0 Å². The molecule has 1 aromatic carbocycles. The standard InChI is InChI=1S/C20H23F3N4O4S/c21-20(22,23)31-13-2-1-3-14(6-13)32(24,30)15-7-18(8-15)9-26(10-18)17(29)27-11-19(12-27)5-4-16(28)25-19/h1-3,6,15,24H,4-5,7-12H2,(H,25,28). The average Bonchev–Trinajstić information content (AvgIpc) is 2.98. The molecular formula is C20H23F3N4O4S. The third kappa shape index (κ3) is 3.57. The number of rotatable bonds is 3. The second kappa shape index (κ2) is 6.75. The van der Waals surface area contributed by atoms with E-state index in [1.165, 1.54) is 12.1 Å². The van der Waals surface area contributed by atoms with Gasteiger partial charge in [0.2, 0.25) is 5.91 Å². The van der Waals surface area contributed by atoms with Crippen LogP contribution < -0.4 is 10.1 Å². The van der Waals surface area contributed by atoms with Crippen LogP contribution in [0, 0.1) is 10.2 Å². The van der Waals surface area contributed by atoms with Crippen molar-refractivity contribution in [2.45, 2.75) is 47.7 Å². The largest absolute Gasteiger partial charge is 0.573 e. The summed E-state index contributed by atoms with van der Waals surface area (Å²) >= 11 is 0. The molecule has 1 aromatic rings. The van der Waals surface area contributed by atoms with Crippen LogP contribution in [-0.2, 0) is 14.5 Å². The molecule has 5 rings (SSSR count). The van der Waals surface area contributed by atoms with Crippen molar-refractivity contribution < 1.29 is 31.7 Å². The van der Waals surface area contributed by atoms with E-state index in [4.69, 9.17) is 4.78 Å². The average molecular weight is 472 g/mol. The fraction of sp³-hybridized carbons (Fsp3) is 0.600. The molecule has 3 amide bonds. The summed E-state index contributed by atoms with van der Waals surface area (Å²) in [6.45, 7) is 2.07. The van der Waals surface area contributed by atoms with Gasteiger partial charge in [-0.1, -0.05) is 6.07 Å². The van der Waals surface area contributed by atoms with Crippen molar-refractivity contribution in [2.24, 2.45) is 5.41 Å². The highest BCUT2D eigenvalue weighted by Gasteiger charge is 2.58. The second-order valence-corrected chi connectivity index (χ2v) is 11.8. The normalized spacial score (nSPS) is 25.5. The molecule has 174 valence electrons. The maximum atomic E-state index is 13.1. The molecule has 12 heteroatoms. The number of benzene rings is 1. The van der Waals surface area contributed by atoms with Gasteiger partial charge in [0.05, 0.1) is 20.2 Å². The van der Waals surface area contributed by atoms with E-state index in [0.29, 0.717) is 45.4 Å². The zero-order valence-electron chi connectivity index (χ0n) is 17.1. The molecule has 1 aliphatic carbocycles. The Balaban J connectivity index is 1.15. The number of urea groups is 1. The summed E-state index contributed by atoms with van der Waals surface area (Å²) in [4.78, 5) is 27.5. The van der Waals surface area contributed by atoms with Crippen molar-refractivity contribution >= 4 is 21.7 Å². The van der Waals surface area contributed by atoms with E-state index < -0.39 is 27.1 Å². The van der Waals surface area contributed by atoms with Crippen molar-refractivity contribution in [3.63, 3.8) is 0 Å². The molecule has 8 nitrogen and oxygen atoms in total. The van der Waals surface area contributed by atoms with E-state index in [2.05, 4.69) is 10.1 Å². The SMILES string of the molecule is N=S(=O)(c1cccc(OC(F)(F)F)c1)C1CC2(C1)CN(C(=O)N1CC3(CCC(=O)N3)C1)C2. The molecule has 0 aromatic heterocycles. The van der Waals surface area contributed by atoms with Gasteiger partial charge in [-0.3, -0.25) is 4.79 Å². The first-order valence-corrected chi connectivity index (χ1v) is 12.0. The van der Waals surface area contributed by atoms with Gasteiger partial charge < -0.3 is 19.9 Å². The Morgan fingerprint density at radius 2 is 1.84 bits per heavy atom. The summed E-state index contributed by atoms with van der Waals surface area (Å²) < 4.78 is 62.7. The van der Waals surface area contributed by atoms with Crippen molar-refractivity contribution in [3.8, 4) is 5.75 Å². The predicted molar refractivity (Wildman–Crippen MR) is 106 cm³/mol.